The summed E-state index contributed by atoms with van der Waals surface area (Å²) in [5.41, 5.74) is 1.70. The van der Waals surface area contributed by atoms with Crippen LogP contribution in [0.3, 0.4) is 0 Å². The number of anilines is 1. The van der Waals surface area contributed by atoms with Gasteiger partial charge in [-0.05, 0) is 12.1 Å². The summed E-state index contributed by atoms with van der Waals surface area (Å²) in [4.78, 5) is 0. The standard InChI is InChI=1S/C13H13ClN4O/c1-18-8-10(6-17-18)12(19)7-16-13-9(5-15)3-2-4-11(13)14/h2-4,6,8,12,16,19H,7H2,1H3. The van der Waals surface area contributed by atoms with Crippen molar-refractivity contribution in [3.8, 4) is 6.07 Å². The lowest BCUT2D eigenvalue weighted by atomic mass is 10.1. The van der Waals surface area contributed by atoms with E-state index in [4.69, 9.17) is 16.9 Å². The lowest BCUT2D eigenvalue weighted by Crippen LogP contribution is -2.12. The summed E-state index contributed by atoms with van der Waals surface area (Å²) in [6, 6.07) is 7.14. The fourth-order valence-corrected chi connectivity index (χ4v) is 1.97. The molecule has 1 unspecified atom stereocenters. The second kappa shape index (κ2) is 5.74. The van der Waals surface area contributed by atoms with Crippen molar-refractivity contribution in [2.75, 3.05) is 11.9 Å². The van der Waals surface area contributed by atoms with E-state index in [0.29, 0.717) is 21.8 Å². The van der Waals surface area contributed by atoms with Crippen LogP contribution < -0.4 is 5.32 Å². The number of benzene rings is 1. The zero-order valence-corrected chi connectivity index (χ0v) is 11.1. The highest BCUT2D eigenvalue weighted by molar-refractivity contribution is 6.33. The lowest BCUT2D eigenvalue weighted by molar-refractivity contribution is 0.191. The Morgan fingerprint density at radius 1 is 1.58 bits per heavy atom. The van der Waals surface area contributed by atoms with E-state index in [0.717, 1.165) is 0 Å². The van der Waals surface area contributed by atoms with E-state index >= 15 is 0 Å². The van der Waals surface area contributed by atoms with Gasteiger partial charge in [0.15, 0.2) is 0 Å². The van der Waals surface area contributed by atoms with Gasteiger partial charge in [0, 0.05) is 25.4 Å². The van der Waals surface area contributed by atoms with Crippen LogP contribution >= 0.6 is 11.6 Å². The Hall–Kier alpha value is -2.03. The molecule has 19 heavy (non-hydrogen) atoms. The minimum atomic E-state index is -0.712. The molecule has 0 bridgehead atoms. The predicted octanol–water partition coefficient (Wildman–Crippen LogP) is 2.09. The van der Waals surface area contributed by atoms with E-state index < -0.39 is 6.10 Å². The van der Waals surface area contributed by atoms with E-state index in [-0.39, 0.29) is 6.54 Å². The summed E-state index contributed by atoms with van der Waals surface area (Å²) in [5, 5.41) is 26.5. The zero-order valence-electron chi connectivity index (χ0n) is 10.3. The van der Waals surface area contributed by atoms with Crippen molar-refractivity contribution in [2.24, 2.45) is 7.05 Å². The first-order valence-corrected chi connectivity index (χ1v) is 6.08. The van der Waals surface area contributed by atoms with Crippen LogP contribution in [-0.4, -0.2) is 21.4 Å². The Labute approximate surface area is 116 Å². The average Bonchev–Trinajstić information content (AvgIpc) is 2.83. The monoisotopic (exact) mass is 276 g/mol. The number of aromatic nitrogens is 2. The lowest BCUT2D eigenvalue weighted by Gasteiger charge is -2.13. The summed E-state index contributed by atoms with van der Waals surface area (Å²) in [6.45, 7) is 0.254. The quantitative estimate of drug-likeness (QED) is 0.897. The number of hydrogen-bond donors (Lipinski definition) is 2. The maximum Gasteiger partial charge on any atom is 0.101 e. The Balaban J connectivity index is 2.09. The van der Waals surface area contributed by atoms with Crippen LogP contribution in [0.4, 0.5) is 5.69 Å². The van der Waals surface area contributed by atoms with E-state index in [2.05, 4.69) is 16.5 Å². The van der Waals surface area contributed by atoms with Crippen molar-refractivity contribution < 1.29 is 5.11 Å². The second-order valence-corrected chi connectivity index (χ2v) is 4.53. The number of rotatable bonds is 4. The molecule has 0 aliphatic carbocycles. The summed E-state index contributed by atoms with van der Waals surface area (Å²) >= 11 is 6.03. The number of aliphatic hydroxyl groups is 1. The van der Waals surface area contributed by atoms with Gasteiger partial charge in [0.2, 0.25) is 0 Å². The van der Waals surface area contributed by atoms with Gasteiger partial charge >= 0.3 is 0 Å². The first-order chi connectivity index (χ1) is 9.11. The summed E-state index contributed by atoms with van der Waals surface area (Å²) in [6.07, 6.45) is 2.63. The molecule has 0 radical (unpaired) electrons. The van der Waals surface area contributed by atoms with E-state index in [9.17, 15) is 5.11 Å². The van der Waals surface area contributed by atoms with Crippen LogP contribution in [0.2, 0.25) is 5.02 Å². The smallest absolute Gasteiger partial charge is 0.101 e. The maximum atomic E-state index is 10.0. The summed E-state index contributed by atoms with van der Waals surface area (Å²) in [5.74, 6) is 0. The summed E-state index contributed by atoms with van der Waals surface area (Å²) in [7, 11) is 1.78. The molecule has 0 fully saturated rings. The third-order valence-electron chi connectivity index (χ3n) is 2.72. The molecule has 1 aromatic heterocycles. The molecule has 2 N–H and O–H groups in total. The minimum Gasteiger partial charge on any atom is -0.386 e. The zero-order chi connectivity index (χ0) is 13.8. The molecule has 2 rings (SSSR count). The van der Waals surface area contributed by atoms with Gasteiger partial charge in [0.25, 0.3) is 0 Å². The Kier molecular flexibility index (Phi) is 4.05. The van der Waals surface area contributed by atoms with E-state index in [1.807, 2.05) is 0 Å². The Morgan fingerprint density at radius 2 is 2.37 bits per heavy atom. The van der Waals surface area contributed by atoms with Crippen LogP contribution in [0, 0.1) is 11.3 Å². The first kappa shape index (κ1) is 13.4. The molecule has 1 aromatic carbocycles. The molecule has 0 spiro atoms. The van der Waals surface area contributed by atoms with E-state index in [1.165, 1.54) is 0 Å². The summed E-state index contributed by atoms with van der Waals surface area (Å²) < 4.78 is 1.62. The largest absolute Gasteiger partial charge is 0.386 e. The van der Waals surface area contributed by atoms with Gasteiger partial charge in [-0.25, -0.2) is 0 Å². The van der Waals surface area contributed by atoms with Gasteiger partial charge in [-0.15, -0.1) is 0 Å². The van der Waals surface area contributed by atoms with Gasteiger partial charge in [-0.2, -0.15) is 10.4 Å². The van der Waals surface area contributed by atoms with Crippen LogP contribution in [0.1, 0.15) is 17.2 Å². The molecule has 1 atom stereocenters. The van der Waals surface area contributed by atoms with Gasteiger partial charge in [-0.1, -0.05) is 17.7 Å². The Bertz CT molecular complexity index is 617. The molecular formula is C13H13ClN4O. The van der Waals surface area contributed by atoms with Gasteiger partial charge in [0.05, 0.1) is 28.6 Å². The van der Waals surface area contributed by atoms with Crippen molar-refractivity contribution in [3.05, 3.63) is 46.7 Å². The van der Waals surface area contributed by atoms with Crippen LogP contribution in [0.25, 0.3) is 0 Å². The van der Waals surface area contributed by atoms with Gasteiger partial charge in [0.1, 0.15) is 6.07 Å². The molecule has 0 aliphatic heterocycles. The molecule has 5 nitrogen and oxygen atoms in total. The molecule has 0 saturated carbocycles. The first-order valence-electron chi connectivity index (χ1n) is 5.71. The topological polar surface area (TPSA) is 73.9 Å². The number of halogens is 1. The maximum absolute atomic E-state index is 10.0. The molecule has 1 heterocycles. The van der Waals surface area contributed by atoms with Crippen LogP contribution in [-0.2, 0) is 7.05 Å². The predicted molar refractivity (Wildman–Crippen MR) is 72.8 cm³/mol. The van der Waals surface area contributed by atoms with Crippen molar-refractivity contribution in [1.29, 1.82) is 5.26 Å². The number of aryl methyl sites for hydroxylation is 1. The molecule has 0 amide bonds. The normalized spacial score (nSPS) is 11.9. The fourth-order valence-electron chi connectivity index (χ4n) is 1.73. The van der Waals surface area contributed by atoms with Crippen LogP contribution in [0.15, 0.2) is 30.6 Å². The SMILES string of the molecule is Cn1cc(C(O)CNc2c(Cl)cccc2C#N)cn1. The average molecular weight is 277 g/mol. The minimum absolute atomic E-state index is 0.254. The van der Waals surface area contributed by atoms with Crippen LogP contribution in [0.5, 0.6) is 0 Å². The van der Waals surface area contributed by atoms with Crippen molar-refractivity contribution in [2.45, 2.75) is 6.10 Å². The molecule has 98 valence electrons. The molecule has 0 aliphatic rings. The van der Waals surface area contributed by atoms with Crippen molar-refractivity contribution in [3.63, 3.8) is 0 Å². The number of nitrogens with one attached hydrogen (secondary N) is 1. The third kappa shape index (κ3) is 3.05. The van der Waals surface area contributed by atoms with Crippen molar-refractivity contribution in [1.82, 2.24) is 9.78 Å². The number of hydrogen-bond acceptors (Lipinski definition) is 4. The molecule has 6 heteroatoms. The van der Waals surface area contributed by atoms with Gasteiger partial charge < -0.3 is 10.4 Å². The molecule has 0 saturated heterocycles. The highest BCUT2D eigenvalue weighted by atomic mass is 35.5. The highest BCUT2D eigenvalue weighted by Crippen LogP contribution is 2.26. The van der Waals surface area contributed by atoms with Crippen molar-refractivity contribution >= 4 is 17.3 Å². The molecule has 2 aromatic rings. The number of nitrogens with zero attached hydrogens (tertiary/aromatic N) is 3. The number of nitriles is 1. The van der Waals surface area contributed by atoms with Gasteiger partial charge in [-0.3, -0.25) is 4.68 Å². The number of aliphatic hydroxyl groups excluding tert-OH is 1. The Morgan fingerprint density at radius 3 is 3.00 bits per heavy atom. The number of para-hydroxylation sites is 1. The molecular weight excluding hydrogens is 264 g/mol. The highest BCUT2D eigenvalue weighted by Gasteiger charge is 2.12. The second-order valence-electron chi connectivity index (χ2n) is 4.12. The third-order valence-corrected chi connectivity index (χ3v) is 3.03. The van der Waals surface area contributed by atoms with E-state index in [1.54, 1.807) is 42.3 Å². The fraction of sp³-hybridized carbons (Fsp3) is 0.231.